The van der Waals surface area contributed by atoms with Crippen LogP contribution in [0.3, 0.4) is 0 Å². The normalized spacial score (nSPS) is 12.2. The van der Waals surface area contributed by atoms with Crippen molar-refractivity contribution in [2.75, 3.05) is 37.9 Å². The molecule has 0 saturated carbocycles. The average molecular weight is 469 g/mol. The third kappa shape index (κ3) is 7.04. The van der Waals surface area contributed by atoms with Gasteiger partial charge in [-0.1, -0.05) is 48.9 Å². The Bertz CT molecular complexity index is 983. The van der Waals surface area contributed by atoms with E-state index in [0.717, 1.165) is 11.8 Å². The molecule has 0 aromatic heterocycles. The lowest BCUT2D eigenvalue weighted by Crippen LogP contribution is -2.33. The van der Waals surface area contributed by atoms with Crippen LogP contribution in [0.15, 0.2) is 42.5 Å². The molecule has 1 atom stereocenters. The minimum absolute atomic E-state index is 0.113. The van der Waals surface area contributed by atoms with E-state index in [1.807, 2.05) is 37.3 Å². The van der Waals surface area contributed by atoms with Crippen LogP contribution in [0.4, 0.5) is 5.69 Å². The number of anilines is 1. The van der Waals surface area contributed by atoms with Crippen molar-refractivity contribution in [2.24, 2.45) is 0 Å². The number of nitrogens with zero attached hydrogens (tertiary/aromatic N) is 1. The van der Waals surface area contributed by atoms with Gasteiger partial charge in [0.15, 0.2) is 0 Å². The largest absolute Gasteiger partial charge is 0.495 e. The number of carbonyl (C=O) groups is 1. The van der Waals surface area contributed by atoms with Gasteiger partial charge in [0.25, 0.3) is 0 Å². The first-order valence-corrected chi connectivity index (χ1v) is 12.1. The lowest BCUT2D eigenvalue weighted by molar-refractivity contribution is -0.121. The third-order valence-electron chi connectivity index (χ3n) is 4.86. The molecule has 0 unspecified atom stereocenters. The van der Waals surface area contributed by atoms with Crippen LogP contribution in [0.2, 0.25) is 5.02 Å². The van der Waals surface area contributed by atoms with Gasteiger partial charge in [0.1, 0.15) is 11.5 Å². The van der Waals surface area contributed by atoms with Crippen molar-refractivity contribution in [2.45, 2.75) is 25.7 Å². The van der Waals surface area contributed by atoms with Crippen LogP contribution in [-0.4, -0.2) is 47.9 Å². The molecule has 0 aliphatic rings. The molecule has 170 valence electrons. The summed E-state index contributed by atoms with van der Waals surface area (Å²) >= 11 is 6.12. The van der Waals surface area contributed by atoms with Crippen molar-refractivity contribution in [3.8, 4) is 11.5 Å². The molecule has 2 rings (SSSR count). The van der Waals surface area contributed by atoms with Crippen molar-refractivity contribution in [1.82, 2.24) is 5.32 Å². The minimum Gasteiger partial charge on any atom is -0.495 e. The van der Waals surface area contributed by atoms with Crippen LogP contribution < -0.4 is 19.1 Å². The van der Waals surface area contributed by atoms with Crippen molar-refractivity contribution < 1.29 is 22.7 Å². The van der Waals surface area contributed by atoms with Crippen LogP contribution in [0.25, 0.3) is 0 Å². The molecule has 0 heterocycles. The lowest BCUT2D eigenvalue weighted by atomic mass is 10.0. The van der Waals surface area contributed by atoms with E-state index in [1.165, 1.54) is 30.7 Å². The Hall–Kier alpha value is -2.45. The maximum Gasteiger partial charge on any atom is 0.232 e. The van der Waals surface area contributed by atoms with Gasteiger partial charge in [-0.2, -0.15) is 0 Å². The number of rotatable bonds is 11. The molecule has 0 aliphatic heterocycles. The summed E-state index contributed by atoms with van der Waals surface area (Å²) in [6.07, 6.45) is 1.64. The van der Waals surface area contributed by atoms with Crippen molar-refractivity contribution in [3.05, 3.63) is 53.1 Å². The summed E-state index contributed by atoms with van der Waals surface area (Å²) in [7, 11) is -0.744. The summed E-state index contributed by atoms with van der Waals surface area (Å²) in [5, 5.41) is 3.22. The number of hydrogen-bond acceptors (Lipinski definition) is 5. The number of amides is 1. The van der Waals surface area contributed by atoms with Crippen molar-refractivity contribution in [3.63, 3.8) is 0 Å². The van der Waals surface area contributed by atoms with Crippen LogP contribution in [0.5, 0.6) is 11.5 Å². The zero-order valence-electron chi connectivity index (χ0n) is 18.2. The smallest absolute Gasteiger partial charge is 0.232 e. The van der Waals surface area contributed by atoms with Crippen molar-refractivity contribution >= 4 is 33.2 Å². The van der Waals surface area contributed by atoms with Gasteiger partial charge < -0.3 is 14.8 Å². The summed E-state index contributed by atoms with van der Waals surface area (Å²) in [5.74, 6) is 0.691. The van der Waals surface area contributed by atoms with Crippen LogP contribution in [0, 0.1) is 0 Å². The minimum atomic E-state index is -3.63. The monoisotopic (exact) mass is 468 g/mol. The van der Waals surface area contributed by atoms with Crippen molar-refractivity contribution in [1.29, 1.82) is 0 Å². The van der Waals surface area contributed by atoms with E-state index in [1.54, 1.807) is 0 Å². The molecular formula is C22H29ClN2O5S. The molecule has 1 N–H and O–H groups in total. The third-order valence-corrected chi connectivity index (χ3v) is 6.34. The molecule has 1 amide bonds. The maximum atomic E-state index is 12.4. The summed E-state index contributed by atoms with van der Waals surface area (Å²) in [4.78, 5) is 12.3. The summed E-state index contributed by atoms with van der Waals surface area (Å²) in [6, 6.07) is 13.0. The highest BCUT2D eigenvalue weighted by atomic mass is 35.5. The van der Waals surface area contributed by atoms with Crippen LogP contribution >= 0.6 is 11.6 Å². The molecule has 31 heavy (non-hydrogen) atoms. The Morgan fingerprint density at radius 1 is 1.13 bits per heavy atom. The predicted molar refractivity (Wildman–Crippen MR) is 124 cm³/mol. The standard InChI is InChI=1S/C22H29ClN2O5S/c1-16(17-9-6-5-7-10-17)15-24-22(26)11-8-12-25(31(4,27)28)19-14-20(29-2)18(23)13-21(19)30-3/h5-7,9-10,13-14,16H,8,11-12,15H2,1-4H3,(H,24,26)/t16-/m1/s1. The zero-order chi connectivity index (χ0) is 23.0. The fourth-order valence-corrected chi connectivity index (χ4v) is 4.33. The SMILES string of the molecule is COc1cc(N(CCCC(=O)NC[C@@H](C)c2ccccc2)S(C)(=O)=O)c(OC)cc1Cl. The topological polar surface area (TPSA) is 84.9 Å². The molecule has 0 saturated heterocycles. The summed E-state index contributed by atoms with van der Waals surface area (Å²) in [6.45, 7) is 2.67. The van der Waals surface area contributed by atoms with E-state index in [-0.39, 0.29) is 24.8 Å². The number of carbonyl (C=O) groups excluding carboxylic acids is 1. The molecule has 2 aromatic carbocycles. The highest BCUT2D eigenvalue weighted by Gasteiger charge is 2.23. The van der Waals surface area contributed by atoms with Gasteiger partial charge in [-0.15, -0.1) is 0 Å². The Labute approximate surface area is 189 Å². The maximum absolute atomic E-state index is 12.4. The zero-order valence-corrected chi connectivity index (χ0v) is 19.8. The fraction of sp³-hybridized carbons (Fsp3) is 0.409. The van der Waals surface area contributed by atoms with Gasteiger partial charge in [0, 0.05) is 31.6 Å². The molecule has 0 radical (unpaired) electrons. The molecule has 9 heteroatoms. The average Bonchev–Trinajstić information content (AvgIpc) is 2.74. The Morgan fingerprint density at radius 2 is 1.77 bits per heavy atom. The van der Waals surface area contributed by atoms with E-state index < -0.39 is 10.0 Å². The summed E-state index contributed by atoms with van der Waals surface area (Å²) in [5.41, 5.74) is 1.46. The first kappa shape index (κ1) is 24.8. The predicted octanol–water partition coefficient (Wildman–Crippen LogP) is 3.82. The number of ether oxygens (including phenoxy) is 2. The quantitative estimate of drug-likeness (QED) is 0.541. The van der Waals surface area contributed by atoms with Gasteiger partial charge in [0.2, 0.25) is 15.9 Å². The second kappa shape index (κ2) is 11.2. The Balaban J connectivity index is 2.01. The molecule has 0 bridgehead atoms. The number of nitrogens with one attached hydrogen (secondary N) is 1. The van der Waals surface area contributed by atoms with Crippen LogP contribution in [-0.2, 0) is 14.8 Å². The number of benzene rings is 2. The molecule has 0 spiro atoms. The van der Waals surface area contributed by atoms with E-state index in [9.17, 15) is 13.2 Å². The van der Waals surface area contributed by atoms with Gasteiger partial charge in [-0.25, -0.2) is 8.42 Å². The van der Waals surface area contributed by atoms with Gasteiger partial charge >= 0.3 is 0 Å². The van der Waals surface area contributed by atoms with Gasteiger partial charge in [0.05, 0.1) is 31.2 Å². The highest BCUT2D eigenvalue weighted by molar-refractivity contribution is 7.92. The van der Waals surface area contributed by atoms with E-state index >= 15 is 0 Å². The lowest BCUT2D eigenvalue weighted by Gasteiger charge is -2.25. The Kier molecular flexibility index (Phi) is 9.00. The van der Waals surface area contributed by atoms with E-state index in [0.29, 0.717) is 35.2 Å². The second-order valence-corrected chi connectivity index (χ2v) is 9.53. The molecular weight excluding hydrogens is 440 g/mol. The second-order valence-electron chi connectivity index (χ2n) is 7.21. The molecule has 0 fully saturated rings. The van der Waals surface area contributed by atoms with Crippen LogP contribution in [0.1, 0.15) is 31.2 Å². The van der Waals surface area contributed by atoms with Gasteiger partial charge in [-0.05, 0) is 17.9 Å². The number of sulfonamides is 1. The van der Waals surface area contributed by atoms with E-state index in [2.05, 4.69) is 5.32 Å². The molecule has 0 aliphatic carbocycles. The fourth-order valence-electron chi connectivity index (χ4n) is 3.14. The molecule has 2 aromatic rings. The Morgan fingerprint density at radius 3 is 2.35 bits per heavy atom. The highest BCUT2D eigenvalue weighted by Crippen LogP contribution is 2.39. The first-order valence-electron chi connectivity index (χ1n) is 9.88. The number of methoxy groups -OCH3 is 2. The summed E-state index contributed by atoms with van der Waals surface area (Å²) < 4.78 is 36.6. The first-order chi connectivity index (χ1) is 14.7. The molecule has 7 nitrogen and oxygen atoms in total. The van der Waals surface area contributed by atoms with Gasteiger partial charge in [-0.3, -0.25) is 9.10 Å². The number of halogens is 1. The van der Waals surface area contributed by atoms with E-state index in [4.69, 9.17) is 21.1 Å². The number of hydrogen-bond donors (Lipinski definition) is 1.